The Labute approximate surface area is 127 Å². The summed E-state index contributed by atoms with van der Waals surface area (Å²) in [6.45, 7) is 1.46. The highest BCUT2D eigenvalue weighted by atomic mass is 35.5. The van der Waals surface area contributed by atoms with E-state index < -0.39 is 11.2 Å². The van der Waals surface area contributed by atoms with E-state index in [9.17, 15) is 14.0 Å². The highest BCUT2D eigenvalue weighted by Crippen LogP contribution is 2.48. The van der Waals surface area contributed by atoms with Crippen molar-refractivity contribution in [3.8, 4) is 0 Å². The largest absolute Gasteiger partial charge is 0.342 e. The van der Waals surface area contributed by atoms with Crippen LogP contribution in [0.2, 0.25) is 5.02 Å². The molecule has 112 valence electrons. The van der Waals surface area contributed by atoms with Crippen molar-refractivity contribution in [1.29, 1.82) is 0 Å². The Kier molecular flexibility index (Phi) is 3.61. The van der Waals surface area contributed by atoms with Gasteiger partial charge in [-0.25, -0.2) is 4.39 Å². The van der Waals surface area contributed by atoms with Crippen molar-refractivity contribution < 1.29 is 14.0 Å². The van der Waals surface area contributed by atoms with Crippen molar-refractivity contribution >= 4 is 29.1 Å². The van der Waals surface area contributed by atoms with Crippen molar-refractivity contribution in [2.75, 3.05) is 18.4 Å². The number of carbonyl (C=O) groups excluding carboxylic acids is 2. The number of nitrogens with zero attached hydrogens (tertiary/aromatic N) is 1. The van der Waals surface area contributed by atoms with Gasteiger partial charge in [-0.15, -0.1) is 0 Å². The Hall–Kier alpha value is -1.62. The second-order valence-electron chi connectivity index (χ2n) is 5.66. The van der Waals surface area contributed by atoms with Gasteiger partial charge >= 0.3 is 0 Å². The molecule has 1 aromatic carbocycles. The first-order chi connectivity index (χ1) is 10.0. The molecule has 2 aliphatic rings. The Morgan fingerprint density at radius 3 is 2.48 bits per heavy atom. The lowest BCUT2D eigenvalue weighted by Crippen LogP contribution is -2.41. The maximum absolute atomic E-state index is 13.1. The molecule has 0 radical (unpaired) electrons. The second-order valence-corrected chi connectivity index (χ2v) is 6.07. The fourth-order valence-corrected chi connectivity index (χ4v) is 2.89. The number of amides is 2. The monoisotopic (exact) mass is 310 g/mol. The maximum atomic E-state index is 13.1. The molecule has 1 aromatic rings. The first kappa shape index (κ1) is 14.3. The van der Waals surface area contributed by atoms with Gasteiger partial charge in [0.05, 0.1) is 5.02 Å². The average Bonchev–Trinajstić information content (AvgIpc) is 3.10. The molecule has 0 bridgehead atoms. The second kappa shape index (κ2) is 5.30. The minimum Gasteiger partial charge on any atom is -0.342 e. The van der Waals surface area contributed by atoms with Gasteiger partial charge in [0, 0.05) is 18.8 Å². The fraction of sp³-hybridized carbons (Fsp3) is 0.467. The number of carbonyl (C=O) groups is 2. The summed E-state index contributed by atoms with van der Waals surface area (Å²) in [5.41, 5.74) is -0.516. The number of rotatable bonds is 3. The number of halogens is 2. The van der Waals surface area contributed by atoms with Crippen LogP contribution >= 0.6 is 11.6 Å². The van der Waals surface area contributed by atoms with Crippen LogP contribution in [-0.2, 0) is 9.59 Å². The summed E-state index contributed by atoms with van der Waals surface area (Å²) in [6.07, 6.45) is 3.14. The van der Waals surface area contributed by atoms with E-state index in [1.54, 1.807) is 4.90 Å². The van der Waals surface area contributed by atoms with Gasteiger partial charge in [0.2, 0.25) is 11.8 Å². The third kappa shape index (κ3) is 2.62. The van der Waals surface area contributed by atoms with Crippen LogP contribution in [0.3, 0.4) is 0 Å². The maximum Gasteiger partial charge on any atom is 0.240 e. The van der Waals surface area contributed by atoms with Crippen molar-refractivity contribution in [2.24, 2.45) is 5.41 Å². The van der Waals surface area contributed by atoms with Gasteiger partial charge < -0.3 is 10.2 Å². The molecule has 2 fully saturated rings. The molecule has 0 aromatic heterocycles. The van der Waals surface area contributed by atoms with Gasteiger partial charge in [-0.3, -0.25) is 9.59 Å². The Bertz CT molecular complexity index is 595. The van der Waals surface area contributed by atoms with Crippen LogP contribution in [0.4, 0.5) is 10.1 Å². The first-order valence-corrected chi connectivity index (χ1v) is 7.47. The Balaban J connectivity index is 1.72. The van der Waals surface area contributed by atoms with E-state index in [2.05, 4.69) is 5.32 Å². The molecular formula is C15H16ClFN2O2. The van der Waals surface area contributed by atoms with E-state index in [1.807, 2.05) is 0 Å². The summed E-state index contributed by atoms with van der Waals surface area (Å²) in [7, 11) is 0. The molecule has 1 aliphatic carbocycles. The highest BCUT2D eigenvalue weighted by molar-refractivity contribution is 6.31. The van der Waals surface area contributed by atoms with Crippen LogP contribution in [-0.4, -0.2) is 29.8 Å². The zero-order valence-corrected chi connectivity index (χ0v) is 12.3. The van der Waals surface area contributed by atoms with Crippen molar-refractivity contribution in [1.82, 2.24) is 4.90 Å². The topological polar surface area (TPSA) is 49.4 Å². The van der Waals surface area contributed by atoms with E-state index in [4.69, 9.17) is 11.6 Å². The third-order valence-corrected chi connectivity index (χ3v) is 4.45. The van der Waals surface area contributed by atoms with Gasteiger partial charge in [-0.05, 0) is 43.9 Å². The normalized spacial score (nSPS) is 19.4. The van der Waals surface area contributed by atoms with Crippen molar-refractivity contribution in [3.05, 3.63) is 29.0 Å². The lowest BCUT2D eigenvalue weighted by molar-refractivity contribution is -0.141. The van der Waals surface area contributed by atoms with Crippen LogP contribution in [0.5, 0.6) is 0 Å². The van der Waals surface area contributed by atoms with E-state index in [1.165, 1.54) is 18.2 Å². The summed E-state index contributed by atoms with van der Waals surface area (Å²) in [4.78, 5) is 26.6. The Morgan fingerprint density at radius 2 is 1.90 bits per heavy atom. The van der Waals surface area contributed by atoms with Crippen molar-refractivity contribution in [2.45, 2.75) is 25.7 Å². The van der Waals surface area contributed by atoms with Gasteiger partial charge in [0.15, 0.2) is 0 Å². The smallest absolute Gasteiger partial charge is 0.240 e. The molecule has 1 saturated carbocycles. The first-order valence-electron chi connectivity index (χ1n) is 7.09. The van der Waals surface area contributed by atoms with E-state index in [0.29, 0.717) is 18.5 Å². The molecular weight excluding hydrogens is 295 g/mol. The quantitative estimate of drug-likeness (QED) is 0.873. The molecule has 1 saturated heterocycles. The molecule has 1 aliphatic heterocycles. The highest BCUT2D eigenvalue weighted by Gasteiger charge is 2.58. The molecule has 2 amide bonds. The van der Waals surface area contributed by atoms with Gasteiger partial charge in [0.25, 0.3) is 0 Å². The summed E-state index contributed by atoms with van der Waals surface area (Å²) >= 11 is 5.69. The molecule has 0 unspecified atom stereocenters. The van der Waals surface area contributed by atoms with Crippen LogP contribution < -0.4 is 5.32 Å². The third-order valence-electron chi connectivity index (χ3n) is 4.16. The molecule has 0 atom stereocenters. The lowest BCUT2D eigenvalue weighted by Gasteiger charge is -2.22. The average molecular weight is 311 g/mol. The number of anilines is 1. The molecule has 6 heteroatoms. The molecule has 1 N–H and O–H groups in total. The number of hydrogen-bond acceptors (Lipinski definition) is 2. The summed E-state index contributed by atoms with van der Waals surface area (Å²) < 4.78 is 13.1. The summed E-state index contributed by atoms with van der Waals surface area (Å²) in [5.74, 6) is -0.934. The van der Waals surface area contributed by atoms with Gasteiger partial charge in [-0.1, -0.05) is 11.6 Å². The molecule has 21 heavy (non-hydrogen) atoms. The van der Waals surface area contributed by atoms with Gasteiger partial charge in [-0.2, -0.15) is 0 Å². The van der Waals surface area contributed by atoms with Crippen molar-refractivity contribution in [3.63, 3.8) is 0 Å². The minimum atomic E-state index is -0.925. The van der Waals surface area contributed by atoms with Crippen LogP contribution in [0, 0.1) is 11.2 Å². The standard InChI is InChI=1S/C15H16ClFN2O2/c16-11-9-10(3-4-12(11)17)18-13(20)15(5-6-15)14(21)19-7-1-2-8-19/h3-4,9H,1-2,5-8H2,(H,18,20). The summed E-state index contributed by atoms with van der Waals surface area (Å²) in [5, 5.41) is 2.63. The zero-order chi connectivity index (χ0) is 15.0. The van der Waals surface area contributed by atoms with E-state index in [0.717, 1.165) is 25.9 Å². The minimum absolute atomic E-state index is 0.0523. The number of likely N-dealkylation sites (tertiary alicyclic amines) is 1. The lowest BCUT2D eigenvalue weighted by atomic mass is 10.0. The molecule has 1 heterocycles. The van der Waals surface area contributed by atoms with Gasteiger partial charge in [0.1, 0.15) is 11.2 Å². The fourth-order valence-electron chi connectivity index (χ4n) is 2.71. The SMILES string of the molecule is O=C(Nc1ccc(F)c(Cl)c1)C1(C(=O)N2CCCC2)CC1. The predicted molar refractivity (Wildman–Crippen MR) is 77.5 cm³/mol. The van der Waals surface area contributed by atoms with Crippen LogP contribution in [0.15, 0.2) is 18.2 Å². The van der Waals surface area contributed by atoms with Crippen LogP contribution in [0.1, 0.15) is 25.7 Å². The number of nitrogens with one attached hydrogen (secondary N) is 1. The number of benzene rings is 1. The van der Waals surface area contributed by atoms with E-state index in [-0.39, 0.29) is 16.8 Å². The molecule has 3 rings (SSSR count). The number of hydrogen-bond donors (Lipinski definition) is 1. The van der Waals surface area contributed by atoms with Crippen LogP contribution in [0.25, 0.3) is 0 Å². The molecule has 0 spiro atoms. The summed E-state index contributed by atoms with van der Waals surface area (Å²) in [6, 6.07) is 3.99. The zero-order valence-electron chi connectivity index (χ0n) is 11.5. The Morgan fingerprint density at radius 1 is 1.24 bits per heavy atom. The molecule has 4 nitrogen and oxygen atoms in total. The predicted octanol–water partition coefficient (Wildman–Crippen LogP) is 2.82. The van der Waals surface area contributed by atoms with E-state index >= 15 is 0 Å².